The summed E-state index contributed by atoms with van der Waals surface area (Å²) < 4.78 is 0. The molecule has 0 radical (unpaired) electrons. The van der Waals surface area contributed by atoms with E-state index in [2.05, 4.69) is 16.9 Å². The molecule has 1 aliphatic rings. The summed E-state index contributed by atoms with van der Waals surface area (Å²) in [6.45, 7) is 5.10. The Morgan fingerprint density at radius 2 is 2.27 bits per heavy atom. The van der Waals surface area contributed by atoms with Gasteiger partial charge in [-0.1, -0.05) is 0 Å². The maximum Gasteiger partial charge on any atom is 0.213 e. The number of likely N-dealkylation sites (tertiary alicyclic amines) is 1. The van der Waals surface area contributed by atoms with Crippen molar-refractivity contribution in [2.45, 2.75) is 19.8 Å². The highest BCUT2D eigenvalue weighted by Gasteiger charge is 2.24. The average Bonchev–Trinajstić information content (AvgIpc) is 2.16. The highest BCUT2D eigenvalue weighted by Crippen LogP contribution is 2.17. The largest absolute Gasteiger partial charge is 0.391 e. The van der Waals surface area contributed by atoms with Crippen LogP contribution in [0.3, 0.4) is 0 Å². The van der Waals surface area contributed by atoms with Crippen LogP contribution in [0.15, 0.2) is 4.99 Å². The molecule has 15 heavy (non-hydrogen) atoms. The Kier molecular flexibility index (Phi) is 5.05. The number of piperidine rings is 1. The number of hydroxylamine groups is 2. The van der Waals surface area contributed by atoms with E-state index in [-0.39, 0.29) is 0 Å². The minimum atomic E-state index is 0.464. The zero-order chi connectivity index (χ0) is 11.3. The van der Waals surface area contributed by atoms with Crippen molar-refractivity contribution in [1.82, 2.24) is 9.96 Å². The first kappa shape index (κ1) is 12.5. The molecule has 1 atom stereocenters. The van der Waals surface area contributed by atoms with E-state index in [4.69, 9.17) is 4.84 Å². The predicted molar refractivity (Wildman–Crippen MR) is 63.0 cm³/mol. The molecule has 0 bridgehead atoms. The van der Waals surface area contributed by atoms with Crippen LogP contribution in [-0.4, -0.2) is 56.6 Å². The molecule has 0 saturated carbocycles. The molecule has 1 aliphatic heterocycles. The molecule has 1 unspecified atom stereocenters. The lowest BCUT2D eigenvalue weighted by Gasteiger charge is -2.30. The first-order valence-electron chi connectivity index (χ1n) is 5.71. The number of rotatable bonds is 3. The molecule has 88 valence electrons. The van der Waals surface area contributed by atoms with Gasteiger partial charge in [0.15, 0.2) is 0 Å². The molecular weight excluding hydrogens is 190 g/mol. The van der Waals surface area contributed by atoms with Crippen molar-refractivity contribution in [3.63, 3.8) is 0 Å². The van der Waals surface area contributed by atoms with Crippen molar-refractivity contribution in [3.05, 3.63) is 0 Å². The van der Waals surface area contributed by atoms with E-state index in [1.54, 1.807) is 5.06 Å². The minimum Gasteiger partial charge on any atom is -0.391 e. The third kappa shape index (κ3) is 4.18. The van der Waals surface area contributed by atoms with Gasteiger partial charge in [-0.2, -0.15) is 0 Å². The fourth-order valence-corrected chi connectivity index (χ4v) is 1.94. The van der Waals surface area contributed by atoms with E-state index in [0.29, 0.717) is 5.92 Å². The maximum atomic E-state index is 5.64. The lowest BCUT2D eigenvalue weighted by molar-refractivity contribution is -0.0296. The zero-order valence-electron chi connectivity index (χ0n) is 10.4. The topological polar surface area (TPSA) is 28.1 Å². The third-order valence-corrected chi connectivity index (χ3v) is 2.56. The lowest BCUT2D eigenvalue weighted by atomic mass is 9.98. The Labute approximate surface area is 92.9 Å². The second-order valence-corrected chi connectivity index (χ2v) is 4.32. The van der Waals surface area contributed by atoms with Crippen LogP contribution < -0.4 is 0 Å². The van der Waals surface area contributed by atoms with E-state index in [9.17, 15) is 0 Å². The van der Waals surface area contributed by atoms with Gasteiger partial charge in [0.1, 0.15) is 0 Å². The summed E-state index contributed by atoms with van der Waals surface area (Å²) in [7, 11) is 5.96. The van der Waals surface area contributed by atoms with Gasteiger partial charge in [-0.15, -0.1) is 5.06 Å². The molecule has 1 fully saturated rings. The molecule has 0 aliphatic carbocycles. The Hall–Kier alpha value is -0.610. The highest BCUT2D eigenvalue weighted by atomic mass is 16.7. The lowest BCUT2D eigenvalue weighted by Crippen LogP contribution is -2.38. The van der Waals surface area contributed by atoms with Crippen LogP contribution in [-0.2, 0) is 4.84 Å². The van der Waals surface area contributed by atoms with Crippen molar-refractivity contribution in [2.24, 2.45) is 10.9 Å². The first-order valence-corrected chi connectivity index (χ1v) is 5.71. The quantitative estimate of drug-likeness (QED) is 0.401. The van der Waals surface area contributed by atoms with Crippen molar-refractivity contribution >= 4 is 5.90 Å². The van der Waals surface area contributed by atoms with Crippen molar-refractivity contribution < 1.29 is 4.84 Å². The maximum absolute atomic E-state index is 5.64. The molecule has 0 aromatic heterocycles. The molecule has 0 N–H and O–H groups in total. The molecule has 0 spiro atoms. The van der Waals surface area contributed by atoms with Crippen molar-refractivity contribution in [2.75, 3.05) is 40.8 Å². The van der Waals surface area contributed by atoms with Gasteiger partial charge in [-0.25, -0.2) is 0 Å². The van der Waals surface area contributed by atoms with Crippen LogP contribution in [0, 0.1) is 5.92 Å². The van der Waals surface area contributed by atoms with Gasteiger partial charge < -0.3 is 9.74 Å². The average molecular weight is 213 g/mol. The van der Waals surface area contributed by atoms with Crippen LogP contribution in [0.25, 0.3) is 0 Å². The van der Waals surface area contributed by atoms with Gasteiger partial charge in [0.05, 0.1) is 0 Å². The molecule has 0 amide bonds. The van der Waals surface area contributed by atoms with Gasteiger partial charge in [-0.3, -0.25) is 4.99 Å². The second kappa shape index (κ2) is 6.08. The zero-order valence-corrected chi connectivity index (χ0v) is 10.4. The van der Waals surface area contributed by atoms with Crippen LogP contribution in [0.5, 0.6) is 0 Å². The van der Waals surface area contributed by atoms with E-state index in [1.807, 2.05) is 21.0 Å². The van der Waals surface area contributed by atoms with Crippen molar-refractivity contribution in [3.8, 4) is 0 Å². The Bertz CT molecular complexity index is 216. The smallest absolute Gasteiger partial charge is 0.213 e. The summed E-state index contributed by atoms with van der Waals surface area (Å²) in [5, 5.41) is 1.73. The number of hydrogen-bond acceptors (Lipinski definition) is 4. The number of hydrogen-bond donors (Lipinski definition) is 0. The summed E-state index contributed by atoms with van der Waals surface area (Å²) >= 11 is 0. The fraction of sp³-hybridized carbons (Fsp3) is 0.909. The normalized spacial score (nSPS) is 24.6. The van der Waals surface area contributed by atoms with Crippen LogP contribution in [0.1, 0.15) is 19.8 Å². The van der Waals surface area contributed by atoms with Crippen LogP contribution in [0.2, 0.25) is 0 Å². The van der Waals surface area contributed by atoms with Gasteiger partial charge >= 0.3 is 0 Å². The monoisotopic (exact) mass is 213 g/mol. The summed E-state index contributed by atoms with van der Waals surface area (Å²) in [5.41, 5.74) is 0. The molecule has 1 saturated heterocycles. The van der Waals surface area contributed by atoms with E-state index < -0.39 is 0 Å². The van der Waals surface area contributed by atoms with Crippen LogP contribution >= 0.6 is 0 Å². The summed E-state index contributed by atoms with van der Waals surface area (Å²) in [6, 6.07) is 0. The molecule has 0 aromatic carbocycles. The van der Waals surface area contributed by atoms with Gasteiger partial charge in [0, 0.05) is 33.1 Å². The predicted octanol–water partition coefficient (Wildman–Crippen LogP) is 1.24. The number of aliphatic imine (C=N–C) groups is 1. The standard InChI is InChI=1S/C11H23N3O/c1-5-12-11(15-13(2)3)10-7-6-8-14(4)9-10/h10H,5-9H2,1-4H3. The number of nitrogens with zero attached hydrogens (tertiary/aromatic N) is 3. The van der Waals surface area contributed by atoms with E-state index in [0.717, 1.165) is 19.0 Å². The molecule has 1 heterocycles. The van der Waals surface area contributed by atoms with E-state index >= 15 is 0 Å². The molecule has 0 aromatic rings. The Morgan fingerprint density at radius 3 is 2.80 bits per heavy atom. The SMILES string of the molecule is CCN=C(ON(C)C)C1CCCN(C)C1. The van der Waals surface area contributed by atoms with Gasteiger partial charge in [0.2, 0.25) is 5.90 Å². The highest BCUT2D eigenvalue weighted by molar-refractivity contribution is 5.78. The second-order valence-electron chi connectivity index (χ2n) is 4.32. The van der Waals surface area contributed by atoms with Gasteiger partial charge in [0.25, 0.3) is 0 Å². The Balaban J connectivity index is 2.58. The van der Waals surface area contributed by atoms with Crippen molar-refractivity contribution in [1.29, 1.82) is 0 Å². The van der Waals surface area contributed by atoms with Gasteiger partial charge in [-0.05, 0) is 33.4 Å². The molecule has 1 rings (SSSR count). The van der Waals surface area contributed by atoms with Crippen LogP contribution in [0.4, 0.5) is 0 Å². The first-order chi connectivity index (χ1) is 7.13. The Morgan fingerprint density at radius 1 is 1.53 bits per heavy atom. The summed E-state index contributed by atoms with van der Waals surface area (Å²) in [5.74, 6) is 1.36. The molecule has 4 nitrogen and oxygen atoms in total. The fourth-order valence-electron chi connectivity index (χ4n) is 1.94. The summed E-state index contributed by atoms with van der Waals surface area (Å²) in [4.78, 5) is 12.4. The third-order valence-electron chi connectivity index (χ3n) is 2.56. The minimum absolute atomic E-state index is 0.464. The van der Waals surface area contributed by atoms with E-state index in [1.165, 1.54) is 19.4 Å². The molecular formula is C11H23N3O. The summed E-state index contributed by atoms with van der Waals surface area (Å²) in [6.07, 6.45) is 2.43. The molecule has 4 heteroatoms.